The van der Waals surface area contributed by atoms with Crippen molar-refractivity contribution in [2.24, 2.45) is 0 Å². The summed E-state index contributed by atoms with van der Waals surface area (Å²) in [6, 6.07) is 5.25. The molecule has 0 bridgehead atoms. The van der Waals surface area contributed by atoms with E-state index in [1.165, 1.54) is 0 Å². The molecule has 1 fully saturated rings. The summed E-state index contributed by atoms with van der Waals surface area (Å²) >= 11 is 0. The molecule has 1 aliphatic rings. The Bertz CT molecular complexity index is 496. The summed E-state index contributed by atoms with van der Waals surface area (Å²) in [6.45, 7) is 4.48. The highest BCUT2D eigenvalue weighted by Gasteiger charge is 2.30. The van der Waals surface area contributed by atoms with E-state index < -0.39 is 0 Å². The van der Waals surface area contributed by atoms with Gasteiger partial charge in [-0.15, -0.1) is 0 Å². The van der Waals surface area contributed by atoms with Gasteiger partial charge in [0.2, 0.25) is 5.91 Å². The van der Waals surface area contributed by atoms with Crippen molar-refractivity contribution < 1.29 is 4.79 Å². The first-order valence-electron chi connectivity index (χ1n) is 6.38. The molecule has 1 aromatic heterocycles. The minimum Gasteiger partial charge on any atom is -0.355 e. The molecule has 0 spiro atoms. The number of pyridine rings is 1. The number of piperazine rings is 1. The number of nitriles is 1. The van der Waals surface area contributed by atoms with Gasteiger partial charge in [-0.05, 0) is 19.1 Å². The minimum atomic E-state index is -0.323. The van der Waals surface area contributed by atoms with Gasteiger partial charge in [0.15, 0.2) is 0 Å². The van der Waals surface area contributed by atoms with Gasteiger partial charge in [0.25, 0.3) is 0 Å². The van der Waals surface area contributed by atoms with E-state index >= 15 is 0 Å². The smallest absolute Gasteiger partial charge is 0.244 e. The van der Waals surface area contributed by atoms with Gasteiger partial charge in [-0.2, -0.15) is 5.26 Å². The van der Waals surface area contributed by atoms with Crippen molar-refractivity contribution in [3.63, 3.8) is 0 Å². The van der Waals surface area contributed by atoms with Gasteiger partial charge in [0.1, 0.15) is 17.9 Å². The molecule has 0 aliphatic carbocycles. The topological polar surface area (TPSA) is 81.1 Å². The second-order valence-electron chi connectivity index (χ2n) is 4.29. The van der Waals surface area contributed by atoms with Gasteiger partial charge in [-0.3, -0.25) is 4.79 Å². The quantitative estimate of drug-likeness (QED) is 0.790. The SMILES string of the molecule is CCNC(=O)C1CNCCN1c1ncccc1C#N. The van der Waals surface area contributed by atoms with Crippen LogP contribution in [-0.4, -0.2) is 43.1 Å². The maximum absolute atomic E-state index is 12.1. The summed E-state index contributed by atoms with van der Waals surface area (Å²) in [5.41, 5.74) is 0.499. The maximum atomic E-state index is 12.1. The van der Waals surface area contributed by atoms with Crippen molar-refractivity contribution in [3.05, 3.63) is 23.9 Å². The third-order valence-electron chi connectivity index (χ3n) is 3.08. The molecular weight excluding hydrogens is 242 g/mol. The zero-order chi connectivity index (χ0) is 13.7. The predicted molar refractivity (Wildman–Crippen MR) is 71.6 cm³/mol. The molecule has 2 heterocycles. The molecule has 1 aliphatic heterocycles. The molecule has 0 aromatic carbocycles. The van der Waals surface area contributed by atoms with Crippen LogP contribution in [0.2, 0.25) is 0 Å². The molecule has 0 saturated carbocycles. The number of anilines is 1. The summed E-state index contributed by atoms with van der Waals surface area (Å²) in [4.78, 5) is 18.2. The number of likely N-dealkylation sites (N-methyl/N-ethyl adjacent to an activating group) is 1. The number of nitrogens with zero attached hydrogens (tertiary/aromatic N) is 3. The summed E-state index contributed by atoms with van der Waals surface area (Å²) in [5.74, 6) is 0.548. The van der Waals surface area contributed by atoms with E-state index in [0.29, 0.717) is 31.0 Å². The fourth-order valence-corrected chi connectivity index (χ4v) is 2.20. The number of hydrogen-bond acceptors (Lipinski definition) is 5. The molecule has 2 rings (SSSR count). The Morgan fingerprint density at radius 3 is 3.32 bits per heavy atom. The Kier molecular flexibility index (Phi) is 4.31. The van der Waals surface area contributed by atoms with E-state index in [2.05, 4.69) is 21.7 Å². The van der Waals surface area contributed by atoms with Crippen LogP contribution in [0.5, 0.6) is 0 Å². The highest BCUT2D eigenvalue weighted by Crippen LogP contribution is 2.19. The molecule has 1 saturated heterocycles. The van der Waals surface area contributed by atoms with Crippen LogP contribution in [0.3, 0.4) is 0 Å². The average molecular weight is 259 g/mol. The van der Waals surface area contributed by atoms with Gasteiger partial charge in [-0.1, -0.05) is 0 Å². The van der Waals surface area contributed by atoms with Crippen LogP contribution in [0.15, 0.2) is 18.3 Å². The zero-order valence-electron chi connectivity index (χ0n) is 10.9. The third-order valence-corrected chi connectivity index (χ3v) is 3.08. The predicted octanol–water partition coefficient (Wildman–Crippen LogP) is -0.132. The molecule has 2 N–H and O–H groups in total. The van der Waals surface area contributed by atoms with Crippen molar-refractivity contribution in [2.75, 3.05) is 31.1 Å². The number of rotatable bonds is 3. The van der Waals surface area contributed by atoms with Crippen molar-refractivity contribution in [1.29, 1.82) is 5.26 Å². The molecule has 19 heavy (non-hydrogen) atoms. The monoisotopic (exact) mass is 259 g/mol. The summed E-state index contributed by atoms with van der Waals surface area (Å²) in [6.07, 6.45) is 1.65. The van der Waals surface area contributed by atoms with Crippen molar-refractivity contribution in [2.45, 2.75) is 13.0 Å². The Hall–Kier alpha value is -2.13. The first-order valence-corrected chi connectivity index (χ1v) is 6.38. The lowest BCUT2D eigenvalue weighted by Gasteiger charge is -2.36. The Morgan fingerprint density at radius 2 is 2.58 bits per heavy atom. The molecule has 0 radical (unpaired) electrons. The highest BCUT2D eigenvalue weighted by atomic mass is 16.2. The second-order valence-corrected chi connectivity index (χ2v) is 4.29. The van der Waals surface area contributed by atoms with Crippen LogP contribution in [0.4, 0.5) is 5.82 Å². The first kappa shape index (κ1) is 13.3. The summed E-state index contributed by atoms with van der Waals surface area (Å²) in [7, 11) is 0. The van der Waals surface area contributed by atoms with Gasteiger partial charge in [-0.25, -0.2) is 4.98 Å². The highest BCUT2D eigenvalue weighted by molar-refractivity contribution is 5.86. The third kappa shape index (κ3) is 2.83. The zero-order valence-corrected chi connectivity index (χ0v) is 10.9. The standard InChI is InChI=1S/C13H17N5O/c1-2-16-13(19)11-9-15-6-7-18(11)12-10(8-14)4-3-5-17-12/h3-5,11,15H,2,6-7,9H2,1H3,(H,16,19). The van der Waals surface area contributed by atoms with Crippen LogP contribution < -0.4 is 15.5 Å². The van der Waals surface area contributed by atoms with E-state index in [0.717, 1.165) is 6.54 Å². The van der Waals surface area contributed by atoms with Crippen LogP contribution in [0, 0.1) is 11.3 Å². The van der Waals surface area contributed by atoms with Crippen molar-refractivity contribution in [3.8, 4) is 6.07 Å². The fourth-order valence-electron chi connectivity index (χ4n) is 2.20. The van der Waals surface area contributed by atoms with Crippen molar-refractivity contribution in [1.82, 2.24) is 15.6 Å². The van der Waals surface area contributed by atoms with Gasteiger partial charge >= 0.3 is 0 Å². The van der Waals surface area contributed by atoms with Gasteiger partial charge < -0.3 is 15.5 Å². The maximum Gasteiger partial charge on any atom is 0.244 e. The lowest BCUT2D eigenvalue weighted by atomic mass is 10.1. The molecule has 6 nitrogen and oxygen atoms in total. The number of amides is 1. The Labute approximate surface area is 112 Å². The van der Waals surface area contributed by atoms with E-state index in [4.69, 9.17) is 5.26 Å². The van der Waals surface area contributed by atoms with Crippen LogP contribution in [0.1, 0.15) is 12.5 Å². The minimum absolute atomic E-state index is 0.0377. The lowest BCUT2D eigenvalue weighted by molar-refractivity contribution is -0.122. The second kappa shape index (κ2) is 6.16. The molecule has 100 valence electrons. The molecule has 1 aromatic rings. The van der Waals surface area contributed by atoms with Crippen LogP contribution in [-0.2, 0) is 4.79 Å². The first-order chi connectivity index (χ1) is 9.27. The number of hydrogen-bond donors (Lipinski definition) is 2. The normalized spacial score (nSPS) is 18.7. The van der Waals surface area contributed by atoms with E-state index in [9.17, 15) is 4.79 Å². The van der Waals surface area contributed by atoms with E-state index in [1.54, 1.807) is 18.3 Å². The number of aromatic nitrogens is 1. The van der Waals surface area contributed by atoms with Gasteiger partial charge in [0, 0.05) is 32.4 Å². The molecule has 1 amide bonds. The summed E-state index contributed by atoms with van der Waals surface area (Å²) < 4.78 is 0. The summed E-state index contributed by atoms with van der Waals surface area (Å²) in [5, 5.41) is 15.2. The number of nitrogens with one attached hydrogen (secondary N) is 2. The Balaban J connectivity index is 2.29. The molecule has 1 atom stereocenters. The largest absolute Gasteiger partial charge is 0.355 e. The number of carbonyl (C=O) groups excluding carboxylic acids is 1. The average Bonchev–Trinajstić information content (AvgIpc) is 2.47. The van der Waals surface area contributed by atoms with Crippen LogP contribution >= 0.6 is 0 Å². The number of carbonyl (C=O) groups is 1. The molecule has 6 heteroatoms. The van der Waals surface area contributed by atoms with E-state index in [-0.39, 0.29) is 11.9 Å². The van der Waals surface area contributed by atoms with Gasteiger partial charge in [0.05, 0.1) is 5.56 Å². The molecule has 1 unspecified atom stereocenters. The van der Waals surface area contributed by atoms with E-state index in [1.807, 2.05) is 11.8 Å². The molecular formula is C13H17N5O. The van der Waals surface area contributed by atoms with Crippen LogP contribution in [0.25, 0.3) is 0 Å². The Morgan fingerprint density at radius 1 is 1.74 bits per heavy atom. The van der Waals surface area contributed by atoms with Crippen molar-refractivity contribution >= 4 is 11.7 Å². The lowest BCUT2D eigenvalue weighted by Crippen LogP contribution is -2.58. The fraction of sp³-hybridized carbons (Fsp3) is 0.462.